The van der Waals surface area contributed by atoms with E-state index in [1.54, 1.807) is 0 Å². The van der Waals surface area contributed by atoms with Gasteiger partial charge in [-0.2, -0.15) is 0 Å². The average Bonchev–Trinajstić information content (AvgIpc) is 2.78. The second kappa shape index (κ2) is 11.3. The van der Waals surface area contributed by atoms with E-state index in [9.17, 15) is 28.1 Å². The number of amides is 1. The first-order chi connectivity index (χ1) is 15.2. The number of unbranched alkanes of at least 4 members (excludes halogenated alkanes) is 3. The highest BCUT2D eigenvalue weighted by molar-refractivity contribution is 7.89. The number of hydrogen-bond donors (Lipinski definition) is 2. The van der Waals surface area contributed by atoms with Gasteiger partial charge in [-0.1, -0.05) is 26.2 Å². The van der Waals surface area contributed by atoms with Crippen LogP contribution < -0.4 is 10.0 Å². The van der Waals surface area contributed by atoms with Crippen molar-refractivity contribution in [3.8, 4) is 0 Å². The lowest BCUT2D eigenvalue weighted by Gasteiger charge is -2.09. The Labute approximate surface area is 186 Å². The lowest BCUT2D eigenvalue weighted by molar-refractivity contribution is -0.384. The Bertz CT molecular complexity index is 1080. The fraction of sp³-hybridized carbons (Fsp3) is 0.333. The lowest BCUT2D eigenvalue weighted by atomic mass is 10.1. The molecule has 0 aromatic heterocycles. The van der Waals surface area contributed by atoms with Gasteiger partial charge in [0.2, 0.25) is 10.0 Å². The van der Waals surface area contributed by atoms with Gasteiger partial charge in [-0.15, -0.1) is 0 Å². The third-order valence-electron chi connectivity index (χ3n) is 4.56. The van der Waals surface area contributed by atoms with Crippen molar-refractivity contribution in [3.63, 3.8) is 0 Å². The molecular formula is C21H25N3O7S. The number of rotatable bonds is 11. The normalized spacial score (nSPS) is 11.1. The Morgan fingerprint density at radius 2 is 1.69 bits per heavy atom. The van der Waals surface area contributed by atoms with Crippen LogP contribution in [-0.2, 0) is 14.8 Å². The minimum Gasteiger partial charge on any atom is -0.465 e. The van der Waals surface area contributed by atoms with Crippen LogP contribution in [0.25, 0.3) is 0 Å². The Hall–Kier alpha value is -3.31. The highest BCUT2D eigenvalue weighted by Gasteiger charge is 2.19. The molecule has 0 saturated heterocycles. The second-order valence-electron chi connectivity index (χ2n) is 6.95. The van der Waals surface area contributed by atoms with Crippen LogP contribution in [0.3, 0.4) is 0 Å². The first-order valence-electron chi connectivity index (χ1n) is 9.97. The molecule has 0 saturated carbocycles. The Balaban J connectivity index is 2.12. The second-order valence-corrected chi connectivity index (χ2v) is 8.72. The standard InChI is InChI=1S/C21H25N3O7S/c1-3-4-5-6-11-22-32(29,30)19-9-7-17(8-10-19)23-20(25)15-12-16(21(26)31-2)14-18(13-15)24(27)28/h7-10,12-14,22H,3-6,11H2,1-2H3,(H,23,25). The summed E-state index contributed by atoms with van der Waals surface area (Å²) in [4.78, 5) is 34.7. The third kappa shape index (κ3) is 6.86. The molecule has 0 unspecified atom stereocenters. The van der Waals surface area contributed by atoms with Crippen molar-refractivity contribution in [2.75, 3.05) is 19.0 Å². The predicted molar refractivity (Wildman–Crippen MR) is 118 cm³/mol. The molecule has 32 heavy (non-hydrogen) atoms. The molecular weight excluding hydrogens is 438 g/mol. The topological polar surface area (TPSA) is 145 Å². The molecule has 0 fully saturated rings. The van der Waals surface area contributed by atoms with Crippen LogP contribution in [0.4, 0.5) is 11.4 Å². The van der Waals surface area contributed by atoms with Crippen LogP contribution in [0.5, 0.6) is 0 Å². The number of nitro benzene ring substituents is 1. The minimum absolute atomic E-state index is 0.0503. The predicted octanol–water partition coefficient (Wildman–Crippen LogP) is 3.49. The van der Waals surface area contributed by atoms with Gasteiger partial charge in [0.25, 0.3) is 11.6 Å². The zero-order valence-corrected chi connectivity index (χ0v) is 18.6. The van der Waals surface area contributed by atoms with Crippen molar-refractivity contribution in [3.05, 3.63) is 63.7 Å². The molecule has 0 aliphatic heterocycles. The van der Waals surface area contributed by atoms with Crippen molar-refractivity contribution in [1.82, 2.24) is 4.72 Å². The fourth-order valence-electron chi connectivity index (χ4n) is 2.85. The smallest absolute Gasteiger partial charge is 0.338 e. The number of non-ortho nitro benzene ring substituents is 1. The molecule has 0 heterocycles. The van der Waals surface area contributed by atoms with Crippen LogP contribution >= 0.6 is 0 Å². The van der Waals surface area contributed by atoms with E-state index < -0.39 is 32.5 Å². The van der Waals surface area contributed by atoms with Gasteiger partial charge in [-0.25, -0.2) is 17.9 Å². The van der Waals surface area contributed by atoms with Crippen LogP contribution in [0, 0.1) is 10.1 Å². The summed E-state index contributed by atoms with van der Waals surface area (Å²) < 4.78 is 31.8. The van der Waals surface area contributed by atoms with E-state index in [1.807, 2.05) is 0 Å². The van der Waals surface area contributed by atoms with Crippen LogP contribution in [0.1, 0.15) is 53.3 Å². The van der Waals surface area contributed by atoms with Gasteiger partial charge in [0.1, 0.15) is 0 Å². The van der Waals surface area contributed by atoms with Gasteiger partial charge in [-0.05, 0) is 36.8 Å². The summed E-state index contributed by atoms with van der Waals surface area (Å²) in [5, 5.41) is 13.6. The number of sulfonamides is 1. The molecule has 2 N–H and O–H groups in total. The van der Waals surface area contributed by atoms with E-state index in [0.717, 1.165) is 44.9 Å². The summed E-state index contributed by atoms with van der Waals surface area (Å²) in [6, 6.07) is 8.72. The number of anilines is 1. The molecule has 0 aliphatic carbocycles. The third-order valence-corrected chi connectivity index (χ3v) is 6.03. The number of nitrogens with one attached hydrogen (secondary N) is 2. The molecule has 1 amide bonds. The van der Waals surface area contributed by atoms with Crippen molar-refractivity contribution < 1.29 is 27.7 Å². The lowest BCUT2D eigenvalue weighted by Crippen LogP contribution is -2.24. The van der Waals surface area contributed by atoms with E-state index in [4.69, 9.17) is 0 Å². The number of ether oxygens (including phenoxy) is 1. The Morgan fingerprint density at radius 1 is 1.03 bits per heavy atom. The highest BCUT2D eigenvalue weighted by Crippen LogP contribution is 2.20. The van der Waals surface area contributed by atoms with Gasteiger partial charge < -0.3 is 10.1 Å². The van der Waals surface area contributed by atoms with E-state index >= 15 is 0 Å². The fourth-order valence-corrected chi connectivity index (χ4v) is 3.92. The molecule has 0 bridgehead atoms. The average molecular weight is 464 g/mol. The van der Waals surface area contributed by atoms with E-state index in [-0.39, 0.29) is 21.7 Å². The van der Waals surface area contributed by atoms with E-state index in [1.165, 1.54) is 30.3 Å². The summed E-state index contributed by atoms with van der Waals surface area (Å²) in [6.45, 7) is 2.41. The molecule has 10 nitrogen and oxygen atoms in total. The molecule has 11 heteroatoms. The zero-order valence-electron chi connectivity index (χ0n) is 17.8. The maximum atomic E-state index is 12.5. The van der Waals surface area contributed by atoms with Crippen molar-refractivity contribution in [1.29, 1.82) is 0 Å². The van der Waals surface area contributed by atoms with Crippen molar-refractivity contribution >= 4 is 33.3 Å². The monoisotopic (exact) mass is 463 g/mol. The maximum absolute atomic E-state index is 12.5. The Kier molecular flexibility index (Phi) is 8.85. The first kappa shape index (κ1) is 25.0. The highest BCUT2D eigenvalue weighted by atomic mass is 32.2. The number of benzene rings is 2. The van der Waals surface area contributed by atoms with Crippen LogP contribution in [0.15, 0.2) is 47.4 Å². The number of nitro groups is 1. The number of carbonyl (C=O) groups excluding carboxylic acids is 2. The minimum atomic E-state index is -3.67. The molecule has 0 radical (unpaired) electrons. The molecule has 2 aromatic rings. The zero-order chi connectivity index (χ0) is 23.7. The number of hydrogen-bond acceptors (Lipinski definition) is 7. The van der Waals surface area contributed by atoms with Gasteiger partial charge in [0.05, 0.1) is 22.5 Å². The van der Waals surface area contributed by atoms with Crippen molar-refractivity contribution in [2.24, 2.45) is 0 Å². The van der Waals surface area contributed by atoms with Gasteiger partial charge in [0, 0.05) is 29.9 Å². The van der Waals surface area contributed by atoms with Gasteiger partial charge in [-0.3, -0.25) is 14.9 Å². The van der Waals surface area contributed by atoms with E-state index in [2.05, 4.69) is 21.7 Å². The SMILES string of the molecule is CCCCCCNS(=O)(=O)c1ccc(NC(=O)c2cc(C(=O)OC)cc([N+](=O)[O-])c2)cc1. The molecule has 172 valence electrons. The summed E-state index contributed by atoms with van der Waals surface area (Å²) >= 11 is 0. The molecule has 2 rings (SSSR count). The summed E-state index contributed by atoms with van der Waals surface area (Å²) in [7, 11) is -2.55. The quantitative estimate of drug-likeness (QED) is 0.224. The maximum Gasteiger partial charge on any atom is 0.338 e. The van der Waals surface area contributed by atoms with Gasteiger partial charge in [0.15, 0.2) is 0 Å². The van der Waals surface area contributed by atoms with Gasteiger partial charge >= 0.3 is 5.97 Å². The molecule has 0 atom stereocenters. The number of carbonyl (C=O) groups is 2. The van der Waals surface area contributed by atoms with E-state index in [0.29, 0.717) is 6.54 Å². The number of esters is 1. The summed E-state index contributed by atoms with van der Waals surface area (Å²) in [5.74, 6) is -1.52. The molecule has 0 aliphatic rings. The van der Waals surface area contributed by atoms with Crippen LogP contribution in [0.2, 0.25) is 0 Å². The first-order valence-corrected chi connectivity index (χ1v) is 11.4. The van der Waals surface area contributed by atoms with Crippen molar-refractivity contribution in [2.45, 2.75) is 37.5 Å². The Morgan fingerprint density at radius 3 is 2.28 bits per heavy atom. The molecule has 2 aromatic carbocycles. The summed E-state index contributed by atoms with van der Waals surface area (Å²) in [6.07, 6.45) is 3.79. The number of nitrogens with zero attached hydrogens (tertiary/aromatic N) is 1. The largest absolute Gasteiger partial charge is 0.465 e. The molecule has 0 spiro atoms. The number of methoxy groups -OCH3 is 1. The summed E-state index contributed by atoms with van der Waals surface area (Å²) in [5.41, 5.74) is -0.420. The van der Waals surface area contributed by atoms with Crippen LogP contribution in [-0.4, -0.2) is 38.9 Å².